The summed E-state index contributed by atoms with van der Waals surface area (Å²) in [6.07, 6.45) is 8.09. The molecule has 1 aliphatic carbocycles. The molecule has 1 saturated carbocycles. The van der Waals surface area contributed by atoms with Crippen LogP contribution in [0.5, 0.6) is 0 Å². The molecule has 1 atom stereocenters. The number of aryl methyl sites for hydroxylation is 1. The summed E-state index contributed by atoms with van der Waals surface area (Å²) in [5.41, 5.74) is 5.60. The van der Waals surface area contributed by atoms with Crippen LogP contribution in [-0.4, -0.2) is 156 Å². The molecule has 13 rings (SSSR count). The van der Waals surface area contributed by atoms with E-state index in [1.807, 2.05) is 26.5 Å². The van der Waals surface area contributed by atoms with Crippen molar-refractivity contribution >= 4 is 75.3 Å². The number of halogens is 1. The maximum atomic E-state index is 15.3. The summed E-state index contributed by atoms with van der Waals surface area (Å²) < 4.78 is 18.6. The Hall–Kier alpha value is -8.33. The largest absolute Gasteiger partial charge is 0.368 e. The maximum Gasteiger partial charge on any atom is 0.274 e. The molecule has 3 aromatic heterocycles. The number of pyridine rings is 1. The second kappa shape index (κ2) is 19.8. The highest BCUT2D eigenvalue weighted by atomic mass is 19.1. The van der Waals surface area contributed by atoms with Crippen molar-refractivity contribution in [2.75, 3.05) is 67.5 Å². The molecular weight excluding hydrogens is 1020 g/mol. The topological polar surface area (TPSA) is 212 Å². The van der Waals surface area contributed by atoms with Gasteiger partial charge in [0.15, 0.2) is 11.5 Å². The van der Waals surface area contributed by atoms with E-state index in [0.29, 0.717) is 86.6 Å². The number of nitrogens with one attached hydrogen (secondary N) is 2. The lowest BCUT2D eigenvalue weighted by molar-refractivity contribution is -0.136. The first kappa shape index (κ1) is 51.1. The summed E-state index contributed by atoms with van der Waals surface area (Å²) in [4.78, 5) is 116. The lowest BCUT2D eigenvalue weighted by atomic mass is 9.73. The van der Waals surface area contributed by atoms with Crippen LogP contribution in [0.15, 0.2) is 79.1 Å². The Morgan fingerprint density at radius 1 is 0.775 bits per heavy atom. The number of benzene rings is 3. The summed E-state index contributed by atoms with van der Waals surface area (Å²) in [7, 11) is 1.64. The third-order valence-corrected chi connectivity index (χ3v) is 17.9. The number of hydrogen-bond acceptors (Lipinski definition) is 13. The predicted molar refractivity (Wildman–Crippen MR) is 294 cm³/mol. The van der Waals surface area contributed by atoms with Gasteiger partial charge in [-0.1, -0.05) is 30.7 Å². The molecule has 7 aliphatic rings. The van der Waals surface area contributed by atoms with Gasteiger partial charge in [0.2, 0.25) is 17.7 Å². The zero-order valence-corrected chi connectivity index (χ0v) is 45.0. The number of piperidine rings is 3. The number of anilines is 4. The van der Waals surface area contributed by atoms with E-state index in [4.69, 9.17) is 9.97 Å². The lowest BCUT2D eigenvalue weighted by Gasteiger charge is -2.48. The fraction of sp³-hybridized carbons (Fsp3) is 0.424. The molecule has 4 saturated heterocycles. The van der Waals surface area contributed by atoms with Gasteiger partial charge >= 0.3 is 0 Å². The SMILES string of the molecule is CC(C)n1cnc2cc(-c3ccc4c(c3)N(C3CC(N5CCCCC5)C3)C(=O)C43CCN(C(=O)c4cc(C(=O)N5CCN(c6ccc7c(c6)C(=O)N([C@@H]6CCC(=O)NC6=O)C7=O)CC5)n(C)n4)CC3)nc(Nc3ccccc3F)c21. The number of nitrogens with zero attached hydrogens (tertiary/aromatic N) is 11. The van der Waals surface area contributed by atoms with Crippen LogP contribution in [0.2, 0.25) is 0 Å². The van der Waals surface area contributed by atoms with E-state index in [1.54, 1.807) is 65.6 Å². The lowest BCUT2D eigenvalue weighted by Crippen LogP contribution is -2.58. The van der Waals surface area contributed by atoms with Crippen LogP contribution in [0.3, 0.4) is 0 Å². The van der Waals surface area contributed by atoms with E-state index in [9.17, 15) is 28.8 Å². The van der Waals surface area contributed by atoms with Crippen molar-refractivity contribution in [2.45, 2.75) is 101 Å². The Bertz CT molecular complexity index is 3580. The molecule has 412 valence electrons. The number of fused-ring (bicyclic) bond motifs is 4. The predicted octanol–water partition coefficient (Wildman–Crippen LogP) is 6.20. The second-order valence-electron chi connectivity index (χ2n) is 22.7. The molecule has 1 spiro atoms. The minimum Gasteiger partial charge on any atom is -0.368 e. The van der Waals surface area contributed by atoms with Crippen LogP contribution < -0.4 is 20.4 Å². The van der Waals surface area contributed by atoms with Gasteiger partial charge in [0, 0.05) is 93.9 Å². The van der Waals surface area contributed by atoms with Crippen LogP contribution in [-0.2, 0) is 26.8 Å². The molecule has 5 fully saturated rings. The molecule has 0 unspecified atom stereocenters. The highest BCUT2D eigenvalue weighted by molar-refractivity contribution is 6.24. The van der Waals surface area contributed by atoms with Gasteiger partial charge in [-0.15, -0.1) is 0 Å². The highest BCUT2D eigenvalue weighted by Crippen LogP contribution is 2.52. The van der Waals surface area contributed by atoms with E-state index >= 15 is 9.18 Å². The summed E-state index contributed by atoms with van der Waals surface area (Å²) in [6.45, 7) is 8.43. The van der Waals surface area contributed by atoms with Crippen molar-refractivity contribution in [3.05, 3.63) is 113 Å². The molecule has 21 heteroatoms. The van der Waals surface area contributed by atoms with Gasteiger partial charge in [0.1, 0.15) is 23.1 Å². The number of carbonyl (C=O) groups is 7. The quantitative estimate of drug-likeness (QED) is 0.147. The third-order valence-electron chi connectivity index (χ3n) is 17.9. The molecule has 7 amide bonds. The minimum absolute atomic E-state index is 0.0157. The van der Waals surface area contributed by atoms with Crippen LogP contribution in [0, 0.1) is 5.82 Å². The first-order valence-electron chi connectivity index (χ1n) is 28.0. The number of aromatic nitrogens is 5. The van der Waals surface area contributed by atoms with E-state index in [2.05, 4.69) is 46.6 Å². The molecule has 6 aromatic rings. The van der Waals surface area contributed by atoms with Crippen molar-refractivity contribution < 1.29 is 38.0 Å². The Balaban J connectivity index is 0.710. The molecule has 9 heterocycles. The van der Waals surface area contributed by atoms with Crippen molar-refractivity contribution in [3.63, 3.8) is 0 Å². The van der Waals surface area contributed by atoms with E-state index in [0.717, 1.165) is 53.2 Å². The molecule has 80 heavy (non-hydrogen) atoms. The van der Waals surface area contributed by atoms with Gasteiger partial charge in [-0.05, 0) is 120 Å². The molecule has 6 aliphatic heterocycles. The number of likely N-dealkylation sites (tertiary alicyclic amines) is 2. The van der Waals surface area contributed by atoms with Gasteiger partial charge in [-0.3, -0.25) is 48.5 Å². The summed E-state index contributed by atoms with van der Waals surface area (Å²) in [5, 5.41) is 10.0. The van der Waals surface area contributed by atoms with E-state index in [1.165, 1.54) is 30.0 Å². The van der Waals surface area contributed by atoms with Crippen LogP contribution >= 0.6 is 0 Å². The zero-order valence-electron chi connectivity index (χ0n) is 45.0. The maximum absolute atomic E-state index is 15.3. The molecule has 0 bridgehead atoms. The Morgan fingerprint density at radius 3 is 2.25 bits per heavy atom. The number of imidazole rings is 1. The highest BCUT2D eigenvalue weighted by Gasteiger charge is 2.56. The van der Waals surface area contributed by atoms with Gasteiger partial charge < -0.3 is 34.4 Å². The molecular formula is C59H62FN13O7. The Kier molecular flexibility index (Phi) is 12.6. The number of hydrogen-bond donors (Lipinski definition) is 2. The minimum atomic E-state index is -1.06. The number of para-hydroxylation sites is 1. The molecule has 0 radical (unpaired) electrons. The fourth-order valence-electron chi connectivity index (χ4n) is 13.3. The molecule has 3 aromatic carbocycles. The van der Waals surface area contributed by atoms with Crippen molar-refractivity contribution in [3.8, 4) is 11.3 Å². The third kappa shape index (κ3) is 8.49. The normalized spacial score (nSPS) is 22.1. The number of carbonyl (C=O) groups excluding carboxylic acids is 7. The molecule has 2 N–H and O–H groups in total. The van der Waals surface area contributed by atoms with Gasteiger partial charge in [-0.25, -0.2) is 14.4 Å². The fourth-order valence-corrected chi connectivity index (χ4v) is 13.3. The first-order chi connectivity index (χ1) is 38.6. The summed E-state index contributed by atoms with van der Waals surface area (Å²) >= 11 is 0. The number of amides is 7. The second-order valence-corrected chi connectivity index (χ2v) is 22.7. The van der Waals surface area contributed by atoms with Crippen LogP contribution in [0.4, 0.5) is 27.3 Å². The van der Waals surface area contributed by atoms with Gasteiger partial charge in [-0.2, -0.15) is 5.10 Å². The smallest absolute Gasteiger partial charge is 0.274 e. The van der Waals surface area contributed by atoms with Crippen molar-refractivity contribution in [1.29, 1.82) is 0 Å². The number of rotatable bonds is 10. The standard InChI is InChI=1S/C59H62FN13O7/c1-34(2)71-33-61-45-31-44(63-52(51(45)71)62-43-10-6-5-9-42(43)60)35-11-14-41-48(27-35)72(38-28-37(29-38)67-19-7-4-8-20-67)58(80)59(41)17-21-69(22-18-59)56(78)46-32-49(66(3)65-46)57(79)70-25-23-68(24-26-70)36-12-13-39-40(30-36)55(77)73(54(39)76)47-15-16-50(74)64-53(47)75/h5-6,9-14,27,30-34,37-38,47H,4,7-8,15-26,28-29H2,1-3H3,(H,62,63)(H,64,74,75)/t37?,38?,47-/m1/s1. The number of piperazine rings is 1. The van der Waals surface area contributed by atoms with Crippen LogP contribution in [0.25, 0.3) is 22.3 Å². The Morgan fingerprint density at radius 2 is 1.51 bits per heavy atom. The average molecular weight is 1080 g/mol. The molecule has 20 nitrogen and oxygen atoms in total. The van der Waals surface area contributed by atoms with Crippen molar-refractivity contribution in [2.24, 2.45) is 7.05 Å². The van der Waals surface area contributed by atoms with Crippen LogP contribution in [0.1, 0.15) is 125 Å². The van der Waals surface area contributed by atoms with E-state index < -0.39 is 40.9 Å². The number of imide groups is 2. The van der Waals surface area contributed by atoms with Gasteiger partial charge in [0.05, 0.1) is 39.8 Å². The van der Waals surface area contributed by atoms with E-state index in [-0.39, 0.29) is 65.2 Å². The average Bonchev–Trinajstić information content (AvgIpc) is 4.40. The monoisotopic (exact) mass is 1080 g/mol. The zero-order chi connectivity index (χ0) is 55.3. The van der Waals surface area contributed by atoms with Gasteiger partial charge in [0.25, 0.3) is 23.6 Å². The Labute approximate surface area is 460 Å². The summed E-state index contributed by atoms with van der Waals surface area (Å²) in [5.74, 6) is -2.75. The first-order valence-corrected chi connectivity index (χ1v) is 28.0. The summed E-state index contributed by atoms with van der Waals surface area (Å²) in [6, 6.07) is 20.6. The van der Waals surface area contributed by atoms with Crippen molar-refractivity contribution in [1.82, 2.24) is 49.2 Å².